The SMILES string of the molecule is Cc1[nH]c(C=C2C(=O)Nc3ccc(Br)cc32)c(C)c1C(=O)NCC(O)CN1CCOCC1. The normalized spacial score (nSPS) is 18.5. The van der Waals surface area contributed by atoms with E-state index in [1.807, 2.05) is 32.0 Å². The number of β-amino-alcohol motifs (C(OH)–C–C–N with tert-alkyl or cyclic N) is 1. The molecule has 170 valence electrons. The van der Waals surface area contributed by atoms with Crippen molar-refractivity contribution in [3.63, 3.8) is 0 Å². The zero-order valence-corrected chi connectivity index (χ0v) is 19.7. The summed E-state index contributed by atoms with van der Waals surface area (Å²) in [5.41, 5.74) is 4.82. The van der Waals surface area contributed by atoms with E-state index in [2.05, 4.69) is 36.4 Å². The molecule has 1 unspecified atom stereocenters. The molecule has 0 bridgehead atoms. The molecule has 32 heavy (non-hydrogen) atoms. The Labute approximate surface area is 195 Å². The number of hydrogen-bond donors (Lipinski definition) is 4. The summed E-state index contributed by atoms with van der Waals surface area (Å²) >= 11 is 3.45. The Bertz CT molecular complexity index is 1070. The molecule has 4 rings (SSSR count). The van der Waals surface area contributed by atoms with E-state index in [1.165, 1.54) is 0 Å². The number of morpholine rings is 1. The minimum absolute atomic E-state index is 0.167. The number of aryl methyl sites for hydroxylation is 1. The number of aliphatic hydroxyl groups excluding tert-OH is 1. The van der Waals surface area contributed by atoms with Gasteiger partial charge >= 0.3 is 0 Å². The van der Waals surface area contributed by atoms with Crippen LogP contribution < -0.4 is 10.6 Å². The number of nitrogens with one attached hydrogen (secondary N) is 3. The molecule has 2 aromatic rings. The average Bonchev–Trinajstić information content (AvgIpc) is 3.22. The Morgan fingerprint density at radius 3 is 2.84 bits per heavy atom. The van der Waals surface area contributed by atoms with Gasteiger partial charge in [0.1, 0.15) is 0 Å². The number of carbonyl (C=O) groups excluding carboxylic acids is 2. The van der Waals surface area contributed by atoms with Gasteiger partial charge in [-0.15, -0.1) is 0 Å². The number of fused-ring (bicyclic) bond motifs is 1. The molecule has 9 heteroatoms. The van der Waals surface area contributed by atoms with Crippen molar-refractivity contribution in [3.05, 3.63) is 50.8 Å². The number of rotatable bonds is 6. The second-order valence-corrected chi connectivity index (χ2v) is 9.06. The highest BCUT2D eigenvalue weighted by Gasteiger charge is 2.26. The Kier molecular flexibility index (Phi) is 6.80. The molecule has 2 aliphatic heterocycles. The van der Waals surface area contributed by atoms with E-state index in [4.69, 9.17) is 4.74 Å². The van der Waals surface area contributed by atoms with Gasteiger partial charge in [-0.1, -0.05) is 15.9 Å². The van der Waals surface area contributed by atoms with Crippen molar-refractivity contribution >= 4 is 45.1 Å². The molecule has 1 aromatic carbocycles. The number of nitrogens with zero attached hydrogens (tertiary/aromatic N) is 1. The van der Waals surface area contributed by atoms with Crippen molar-refractivity contribution in [2.24, 2.45) is 0 Å². The highest BCUT2D eigenvalue weighted by atomic mass is 79.9. The third-order valence-corrected chi connectivity index (χ3v) is 6.32. The first-order valence-electron chi connectivity index (χ1n) is 10.6. The van der Waals surface area contributed by atoms with Crippen LogP contribution in [0, 0.1) is 13.8 Å². The number of H-pyrrole nitrogens is 1. The molecule has 8 nitrogen and oxygen atoms in total. The molecule has 0 spiro atoms. The molecule has 0 radical (unpaired) electrons. The first-order chi connectivity index (χ1) is 15.3. The number of benzene rings is 1. The molecular weight excluding hydrogens is 476 g/mol. The van der Waals surface area contributed by atoms with Crippen LogP contribution in [0.1, 0.15) is 32.9 Å². The molecule has 3 heterocycles. The van der Waals surface area contributed by atoms with E-state index in [1.54, 1.807) is 6.08 Å². The van der Waals surface area contributed by atoms with E-state index >= 15 is 0 Å². The molecule has 2 amide bonds. The number of carbonyl (C=O) groups is 2. The first-order valence-corrected chi connectivity index (χ1v) is 11.4. The molecule has 4 N–H and O–H groups in total. The summed E-state index contributed by atoms with van der Waals surface area (Å²) in [5.74, 6) is -0.428. The van der Waals surface area contributed by atoms with Gasteiger partial charge in [0.2, 0.25) is 0 Å². The lowest BCUT2D eigenvalue weighted by molar-refractivity contribution is -0.110. The molecule has 2 aliphatic rings. The third kappa shape index (κ3) is 4.80. The van der Waals surface area contributed by atoms with Crippen molar-refractivity contribution in [3.8, 4) is 0 Å². The number of aromatic nitrogens is 1. The Hall–Kier alpha value is -2.46. The zero-order valence-electron chi connectivity index (χ0n) is 18.1. The number of aromatic amines is 1. The van der Waals surface area contributed by atoms with Gasteiger partial charge in [0.05, 0.1) is 30.5 Å². The van der Waals surface area contributed by atoms with Crippen LogP contribution in [-0.2, 0) is 9.53 Å². The van der Waals surface area contributed by atoms with Gasteiger partial charge in [-0.05, 0) is 43.7 Å². The second-order valence-electron chi connectivity index (χ2n) is 8.14. The van der Waals surface area contributed by atoms with Gasteiger partial charge in [-0.3, -0.25) is 14.5 Å². The van der Waals surface area contributed by atoms with Crippen LogP contribution in [0.5, 0.6) is 0 Å². The summed E-state index contributed by atoms with van der Waals surface area (Å²) in [6, 6.07) is 5.63. The van der Waals surface area contributed by atoms with Gasteiger partial charge in [0, 0.05) is 53.3 Å². The number of ether oxygens (including phenoxy) is 1. The van der Waals surface area contributed by atoms with Crippen molar-refractivity contribution in [1.82, 2.24) is 15.2 Å². The van der Waals surface area contributed by atoms with Crippen LogP contribution >= 0.6 is 15.9 Å². The predicted molar refractivity (Wildman–Crippen MR) is 127 cm³/mol. The molecule has 1 aromatic heterocycles. The summed E-state index contributed by atoms with van der Waals surface area (Å²) < 4.78 is 6.20. The van der Waals surface area contributed by atoms with Gasteiger partial charge < -0.3 is 25.5 Å². The summed E-state index contributed by atoms with van der Waals surface area (Å²) in [7, 11) is 0. The number of halogens is 1. The maximum absolute atomic E-state index is 12.9. The highest BCUT2D eigenvalue weighted by molar-refractivity contribution is 9.10. The van der Waals surface area contributed by atoms with Crippen LogP contribution in [0.25, 0.3) is 11.6 Å². The second kappa shape index (κ2) is 9.58. The van der Waals surface area contributed by atoms with E-state index in [0.29, 0.717) is 42.3 Å². The lowest BCUT2D eigenvalue weighted by atomic mass is 10.0. The molecule has 1 atom stereocenters. The largest absolute Gasteiger partial charge is 0.390 e. The van der Waals surface area contributed by atoms with Crippen molar-refractivity contribution < 1.29 is 19.4 Å². The predicted octanol–water partition coefficient (Wildman–Crippen LogP) is 2.31. The molecular formula is C23H27BrN4O4. The number of hydrogen-bond acceptors (Lipinski definition) is 5. The first kappa shape index (κ1) is 22.7. The lowest BCUT2D eigenvalue weighted by Gasteiger charge is -2.28. The molecule has 1 saturated heterocycles. The standard InChI is InChI=1S/C23H27BrN4O4/c1-13-20(10-18-17-9-15(24)3-4-19(17)27-22(18)30)26-14(2)21(13)23(31)25-11-16(29)12-28-5-7-32-8-6-28/h3-4,9-10,16,26,29H,5-8,11-12H2,1-2H3,(H,25,31)(H,27,30). The minimum Gasteiger partial charge on any atom is -0.390 e. The van der Waals surface area contributed by atoms with Crippen LogP contribution in [0.2, 0.25) is 0 Å². The van der Waals surface area contributed by atoms with Crippen molar-refractivity contribution in [2.75, 3.05) is 44.7 Å². The number of anilines is 1. The summed E-state index contributed by atoms with van der Waals surface area (Å²) in [5, 5.41) is 16.0. The van der Waals surface area contributed by atoms with Gasteiger partial charge in [0.15, 0.2) is 0 Å². The van der Waals surface area contributed by atoms with Crippen molar-refractivity contribution in [1.29, 1.82) is 0 Å². The Balaban J connectivity index is 1.47. The topological polar surface area (TPSA) is 107 Å². The zero-order chi connectivity index (χ0) is 22.8. The van der Waals surface area contributed by atoms with Crippen molar-refractivity contribution in [2.45, 2.75) is 20.0 Å². The quantitative estimate of drug-likeness (QED) is 0.453. The average molecular weight is 503 g/mol. The molecule has 1 fully saturated rings. The van der Waals surface area contributed by atoms with Crippen LogP contribution in [0.3, 0.4) is 0 Å². The van der Waals surface area contributed by atoms with E-state index < -0.39 is 6.10 Å². The molecule has 0 aliphatic carbocycles. The van der Waals surface area contributed by atoms with Gasteiger partial charge in [-0.2, -0.15) is 0 Å². The number of amides is 2. The Morgan fingerprint density at radius 1 is 1.34 bits per heavy atom. The third-order valence-electron chi connectivity index (χ3n) is 5.83. The molecule has 0 saturated carbocycles. The fourth-order valence-corrected chi connectivity index (χ4v) is 4.51. The summed E-state index contributed by atoms with van der Waals surface area (Å²) in [6.45, 7) is 7.24. The van der Waals surface area contributed by atoms with Gasteiger partial charge in [0.25, 0.3) is 11.8 Å². The van der Waals surface area contributed by atoms with Crippen LogP contribution in [0.4, 0.5) is 5.69 Å². The highest BCUT2D eigenvalue weighted by Crippen LogP contribution is 2.35. The van der Waals surface area contributed by atoms with E-state index in [0.717, 1.165) is 34.4 Å². The minimum atomic E-state index is -0.657. The van der Waals surface area contributed by atoms with Gasteiger partial charge in [-0.25, -0.2) is 0 Å². The Morgan fingerprint density at radius 2 is 2.09 bits per heavy atom. The van der Waals surface area contributed by atoms with E-state index in [-0.39, 0.29) is 18.4 Å². The smallest absolute Gasteiger partial charge is 0.256 e. The maximum atomic E-state index is 12.9. The van der Waals surface area contributed by atoms with Crippen LogP contribution in [0.15, 0.2) is 22.7 Å². The number of aliphatic hydroxyl groups is 1. The van der Waals surface area contributed by atoms with Crippen LogP contribution in [-0.4, -0.2) is 72.3 Å². The maximum Gasteiger partial charge on any atom is 0.256 e. The monoisotopic (exact) mass is 502 g/mol. The summed E-state index contributed by atoms with van der Waals surface area (Å²) in [6.07, 6.45) is 1.12. The van der Waals surface area contributed by atoms with E-state index in [9.17, 15) is 14.7 Å². The fraction of sp³-hybridized carbons (Fsp3) is 0.391. The summed E-state index contributed by atoms with van der Waals surface area (Å²) in [4.78, 5) is 30.7. The fourth-order valence-electron chi connectivity index (χ4n) is 4.15. The lowest BCUT2D eigenvalue weighted by Crippen LogP contribution is -2.44.